The molecule has 0 bridgehead atoms. The zero-order valence-corrected chi connectivity index (χ0v) is 10.6. The highest BCUT2D eigenvalue weighted by Gasteiger charge is 2.18. The first-order chi connectivity index (χ1) is 8.15. The summed E-state index contributed by atoms with van der Waals surface area (Å²) in [4.78, 5) is 23.8. The Kier molecular flexibility index (Phi) is 3.19. The van der Waals surface area contributed by atoms with E-state index >= 15 is 0 Å². The summed E-state index contributed by atoms with van der Waals surface area (Å²) in [7, 11) is 0. The summed E-state index contributed by atoms with van der Waals surface area (Å²) in [6, 6.07) is 0. The fourth-order valence-corrected chi connectivity index (χ4v) is 1.79. The quantitative estimate of drug-likeness (QED) is 0.846. The lowest BCUT2D eigenvalue weighted by atomic mass is 10.3. The Bertz CT molecular complexity index is 588. The molecule has 2 N–H and O–H groups in total. The van der Waals surface area contributed by atoms with E-state index in [9.17, 15) is 4.79 Å². The highest BCUT2D eigenvalue weighted by Crippen LogP contribution is 2.28. The predicted octanol–water partition coefficient (Wildman–Crippen LogP) is 1.55. The molecule has 0 aliphatic rings. The number of fused-ring (bicyclic) bond motifs is 1. The van der Waals surface area contributed by atoms with Crippen LogP contribution in [-0.2, 0) is 4.74 Å². The second kappa shape index (κ2) is 4.62. The van der Waals surface area contributed by atoms with Crippen molar-refractivity contribution in [3.63, 3.8) is 0 Å². The Morgan fingerprint density at radius 2 is 2.18 bits per heavy atom. The number of ether oxygens (including phenoxy) is 1. The standard InChI is InChI=1S/C10H9BrN4O2/c1-2-17-10(16)8-6(12)5(11)7-9(15-8)14-4-3-13-7/h3-4H,2,12H2,1H3. The van der Waals surface area contributed by atoms with Gasteiger partial charge in [-0.15, -0.1) is 0 Å². The minimum absolute atomic E-state index is 0.0479. The first kappa shape index (κ1) is 11.7. The Hall–Kier alpha value is -1.76. The number of nitrogens with zero attached hydrogens (tertiary/aromatic N) is 3. The van der Waals surface area contributed by atoms with Crippen molar-refractivity contribution in [1.82, 2.24) is 15.0 Å². The molecule has 0 atom stereocenters. The third-order valence-corrected chi connectivity index (χ3v) is 2.87. The summed E-state index contributed by atoms with van der Waals surface area (Å²) in [5, 5.41) is 0. The van der Waals surface area contributed by atoms with Crippen LogP contribution >= 0.6 is 15.9 Å². The number of hydrogen-bond donors (Lipinski definition) is 1. The lowest BCUT2D eigenvalue weighted by Crippen LogP contribution is -2.12. The van der Waals surface area contributed by atoms with Crippen LogP contribution in [-0.4, -0.2) is 27.5 Å². The lowest BCUT2D eigenvalue weighted by Gasteiger charge is -2.07. The van der Waals surface area contributed by atoms with E-state index in [2.05, 4.69) is 30.9 Å². The van der Waals surface area contributed by atoms with Gasteiger partial charge in [0.1, 0.15) is 5.52 Å². The number of halogens is 1. The van der Waals surface area contributed by atoms with Gasteiger partial charge in [-0.2, -0.15) is 0 Å². The predicted molar refractivity (Wildman–Crippen MR) is 65.4 cm³/mol. The molecule has 0 aromatic carbocycles. The highest BCUT2D eigenvalue weighted by atomic mass is 79.9. The normalized spacial score (nSPS) is 10.5. The van der Waals surface area contributed by atoms with Gasteiger partial charge in [0.2, 0.25) is 0 Å². The van der Waals surface area contributed by atoms with Crippen LogP contribution in [0.3, 0.4) is 0 Å². The summed E-state index contributed by atoms with van der Waals surface area (Å²) in [6.07, 6.45) is 3.02. The fourth-order valence-electron chi connectivity index (χ4n) is 1.32. The number of rotatable bonds is 2. The maximum Gasteiger partial charge on any atom is 0.359 e. The van der Waals surface area contributed by atoms with Crippen LogP contribution in [0.4, 0.5) is 5.69 Å². The van der Waals surface area contributed by atoms with E-state index in [1.54, 1.807) is 6.92 Å². The van der Waals surface area contributed by atoms with Gasteiger partial charge < -0.3 is 10.5 Å². The molecule has 0 amide bonds. The molecule has 2 aromatic heterocycles. The molecule has 2 rings (SSSR count). The molecule has 2 aromatic rings. The van der Waals surface area contributed by atoms with Crippen molar-refractivity contribution in [2.45, 2.75) is 6.92 Å². The molecule has 2 heterocycles. The number of carbonyl (C=O) groups is 1. The maximum atomic E-state index is 11.6. The van der Waals surface area contributed by atoms with Crippen molar-refractivity contribution in [1.29, 1.82) is 0 Å². The average Bonchev–Trinajstić information content (AvgIpc) is 2.34. The summed E-state index contributed by atoms with van der Waals surface area (Å²) in [5.74, 6) is -0.571. The van der Waals surface area contributed by atoms with Crippen molar-refractivity contribution in [3.05, 3.63) is 22.6 Å². The number of hydrogen-bond acceptors (Lipinski definition) is 6. The van der Waals surface area contributed by atoms with E-state index < -0.39 is 5.97 Å². The second-order valence-electron chi connectivity index (χ2n) is 3.14. The average molecular weight is 297 g/mol. The largest absolute Gasteiger partial charge is 0.461 e. The van der Waals surface area contributed by atoms with Crippen molar-refractivity contribution in [2.24, 2.45) is 0 Å². The molecule has 6 nitrogen and oxygen atoms in total. The summed E-state index contributed by atoms with van der Waals surface area (Å²) < 4.78 is 5.36. The van der Waals surface area contributed by atoms with Gasteiger partial charge in [0, 0.05) is 12.4 Å². The molecular weight excluding hydrogens is 288 g/mol. The van der Waals surface area contributed by atoms with Crippen LogP contribution in [0.15, 0.2) is 16.9 Å². The van der Waals surface area contributed by atoms with Crippen molar-refractivity contribution in [3.8, 4) is 0 Å². The van der Waals surface area contributed by atoms with Crippen molar-refractivity contribution in [2.75, 3.05) is 12.3 Å². The van der Waals surface area contributed by atoms with Crippen molar-refractivity contribution >= 4 is 38.8 Å². The van der Waals surface area contributed by atoms with Crippen LogP contribution in [0.2, 0.25) is 0 Å². The molecule has 0 radical (unpaired) electrons. The smallest absolute Gasteiger partial charge is 0.359 e. The topological polar surface area (TPSA) is 91.0 Å². The molecule has 88 valence electrons. The third-order valence-electron chi connectivity index (χ3n) is 2.06. The van der Waals surface area contributed by atoms with Gasteiger partial charge in [0.25, 0.3) is 0 Å². The molecule has 7 heteroatoms. The molecular formula is C10H9BrN4O2. The van der Waals surface area contributed by atoms with Crippen LogP contribution in [0.5, 0.6) is 0 Å². The fraction of sp³-hybridized carbons (Fsp3) is 0.200. The van der Waals surface area contributed by atoms with Gasteiger partial charge in [-0.3, -0.25) is 4.98 Å². The highest BCUT2D eigenvalue weighted by molar-refractivity contribution is 9.10. The number of nitrogen functional groups attached to an aromatic ring is 1. The minimum Gasteiger partial charge on any atom is -0.461 e. The lowest BCUT2D eigenvalue weighted by molar-refractivity contribution is 0.0521. The Morgan fingerprint density at radius 3 is 2.88 bits per heavy atom. The molecule has 0 aliphatic heterocycles. The first-order valence-electron chi connectivity index (χ1n) is 4.88. The Balaban J connectivity index is 2.65. The Labute approximate surface area is 105 Å². The second-order valence-corrected chi connectivity index (χ2v) is 3.93. The number of esters is 1. The first-order valence-corrected chi connectivity index (χ1v) is 5.67. The minimum atomic E-state index is -0.571. The number of pyridine rings is 1. The SMILES string of the molecule is CCOC(=O)c1nc2nccnc2c(Br)c1N. The molecule has 0 aliphatic carbocycles. The third kappa shape index (κ3) is 2.05. The zero-order chi connectivity index (χ0) is 12.4. The molecule has 0 saturated carbocycles. The summed E-state index contributed by atoms with van der Waals surface area (Å²) >= 11 is 3.28. The van der Waals surface area contributed by atoms with Gasteiger partial charge in [-0.25, -0.2) is 14.8 Å². The molecule has 0 fully saturated rings. The van der Waals surface area contributed by atoms with E-state index in [1.165, 1.54) is 12.4 Å². The van der Waals surface area contributed by atoms with E-state index in [0.717, 1.165) is 0 Å². The molecule has 0 saturated heterocycles. The zero-order valence-electron chi connectivity index (χ0n) is 8.98. The maximum absolute atomic E-state index is 11.6. The summed E-state index contributed by atoms with van der Waals surface area (Å²) in [5.41, 5.74) is 6.91. The van der Waals surface area contributed by atoms with E-state index in [1.807, 2.05) is 0 Å². The number of nitrogens with two attached hydrogens (primary N) is 1. The number of carbonyl (C=O) groups excluding carboxylic acids is 1. The van der Waals surface area contributed by atoms with Gasteiger partial charge in [0.15, 0.2) is 11.3 Å². The molecule has 0 spiro atoms. The van der Waals surface area contributed by atoms with Crippen LogP contribution in [0.25, 0.3) is 11.2 Å². The van der Waals surface area contributed by atoms with E-state index in [4.69, 9.17) is 10.5 Å². The summed E-state index contributed by atoms with van der Waals surface area (Å²) in [6.45, 7) is 1.97. The van der Waals surface area contributed by atoms with Crippen LogP contribution < -0.4 is 5.73 Å². The number of anilines is 1. The van der Waals surface area contributed by atoms with Crippen LogP contribution in [0.1, 0.15) is 17.4 Å². The van der Waals surface area contributed by atoms with E-state index in [-0.39, 0.29) is 18.0 Å². The molecule has 0 unspecified atom stereocenters. The van der Waals surface area contributed by atoms with E-state index in [0.29, 0.717) is 15.6 Å². The molecule has 17 heavy (non-hydrogen) atoms. The Morgan fingerprint density at radius 1 is 1.47 bits per heavy atom. The monoisotopic (exact) mass is 296 g/mol. The van der Waals surface area contributed by atoms with Gasteiger partial charge in [0.05, 0.1) is 16.8 Å². The van der Waals surface area contributed by atoms with Gasteiger partial charge >= 0.3 is 5.97 Å². The number of aromatic nitrogens is 3. The van der Waals surface area contributed by atoms with Crippen LogP contribution in [0, 0.1) is 0 Å². The van der Waals surface area contributed by atoms with Gasteiger partial charge in [-0.1, -0.05) is 0 Å². The van der Waals surface area contributed by atoms with Gasteiger partial charge in [-0.05, 0) is 22.9 Å². The van der Waals surface area contributed by atoms with Crippen molar-refractivity contribution < 1.29 is 9.53 Å².